The summed E-state index contributed by atoms with van der Waals surface area (Å²) in [5.74, 6) is -0.0783. The quantitative estimate of drug-likeness (QED) is 0.608. The number of hydrogen-bond donors (Lipinski definition) is 1. The van der Waals surface area contributed by atoms with E-state index in [-0.39, 0.29) is 5.91 Å². The molecule has 72 valence electrons. The summed E-state index contributed by atoms with van der Waals surface area (Å²) in [7, 11) is 0. The van der Waals surface area contributed by atoms with Crippen LogP contribution in [0.5, 0.6) is 0 Å². The van der Waals surface area contributed by atoms with Crippen molar-refractivity contribution >= 4 is 29.0 Å². The molecule has 0 unspecified atom stereocenters. The first-order valence-corrected chi connectivity index (χ1v) is 4.65. The van der Waals surface area contributed by atoms with Crippen LogP contribution in [0.3, 0.4) is 0 Å². The molecule has 1 aromatic rings. The largest absolute Gasteiger partial charge is 0.352 e. The van der Waals surface area contributed by atoms with E-state index in [1.807, 2.05) is 6.92 Å². The zero-order chi connectivity index (χ0) is 10.4. The fraction of sp³-hybridized carbons (Fsp3) is 0.200. The van der Waals surface area contributed by atoms with Gasteiger partial charge in [-0.05, 0) is 43.4 Å². The molecule has 0 atom stereocenters. The Morgan fingerprint density at radius 2 is 2.14 bits per heavy atom. The minimum atomic E-state index is -0.0783. The van der Waals surface area contributed by atoms with Gasteiger partial charge in [0.15, 0.2) is 0 Å². The van der Waals surface area contributed by atoms with Crippen molar-refractivity contribution in [1.82, 2.24) is 5.32 Å². The molecule has 0 heterocycles. The monoisotopic (exact) mass is 206 g/mol. The molecule has 0 fully saturated rings. The number of isothiocyanates is 1. The van der Waals surface area contributed by atoms with Crippen LogP contribution in [0.1, 0.15) is 17.3 Å². The van der Waals surface area contributed by atoms with E-state index in [0.29, 0.717) is 17.8 Å². The minimum absolute atomic E-state index is 0.0783. The molecule has 0 saturated heterocycles. The molecule has 0 bridgehead atoms. The lowest BCUT2D eigenvalue weighted by Gasteiger charge is -2.01. The molecule has 1 N–H and O–H groups in total. The second-order valence-corrected chi connectivity index (χ2v) is 2.79. The number of amides is 1. The standard InChI is InChI=1S/C10H10N2OS/c1-2-11-10(13)8-3-5-9(6-4-8)12-7-14/h3-6H,2H2,1H3,(H,11,13). The lowest BCUT2D eigenvalue weighted by Crippen LogP contribution is -2.22. The molecule has 0 spiro atoms. The van der Waals surface area contributed by atoms with Crippen molar-refractivity contribution in [3.63, 3.8) is 0 Å². The lowest BCUT2D eigenvalue weighted by atomic mass is 10.2. The first-order valence-electron chi connectivity index (χ1n) is 4.24. The van der Waals surface area contributed by atoms with Gasteiger partial charge >= 0.3 is 0 Å². The van der Waals surface area contributed by atoms with E-state index in [0.717, 1.165) is 0 Å². The average molecular weight is 206 g/mol. The van der Waals surface area contributed by atoms with Gasteiger partial charge < -0.3 is 5.32 Å². The molecular weight excluding hydrogens is 196 g/mol. The molecule has 0 aliphatic carbocycles. The summed E-state index contributed by atoms with van der Waals surface area (Å²) in [6.45, 7) is 2.50. The Morgan fingerprint density at radius 3 is 2.64 bits per heavy atom. The van der Waals surface area contributed by atoms with Crippen LogP contribution in [0, 0.1) is 0 Å². The highest BCUT2D eigenvalue weighted by Crippen LogP contribution is 2.11. The van der Waals surface area contributed by atoms with E-state index in [2.05, 4.69) is 27.7 Å². The second-order valence-electron chi connectivity index (χ2n) is 2.61. The van der Waals surface area contributed by atoms with E-state index in [1.54, 1.807) is 24.3 Å². The van der Waals surface area contributed by atoms with E-state index in [4.69, 9.17) is 0 Å². The molecule has 0 radical (unpaired) electrons. The van der Waals surface area contributed by atoms with Crippen LogP contribution >= 0.6 is 12.2 Å². The first kappa shape index (κ1) is 10.6. The fourth-order valence-corrected chi connectivity index (χ4v) is 1.11. The summed E-state index contributed by atoms with van der Waals surface area (Å²) >= 11 is 4.46. The lowest BCUT2D eigenvalue weighted by molar-refractivity contribution is 0.0956. The van der Waals surface area contributed by atoms with Crippen LogP contribution in [0.2, 0.25) is 0 Å². The Hall–Kier alpha value is -1.51. The Kier molecular flexibility index (Phi) is 3.98. The van der Waals surface area contributed by atoms with Gasteiger partial charge in [-0.2, -0.15) is 4.99 Å². The van der Waals surface area contributed by atoms with Gasteiger partial charge in [-0.25, -0.2) is 0 Å². The third-order valence-corrected chi connectivity index (χ3v) is 1.73. The highest BCUT2D eigenvalue weighted by atomic mass is 32.1. The molecule has 4 heteroatoms. The van der Waals surface area contributed by atoms with Crippen LogP contribution in [-0.2, 0) is 0 Å². The van der Waals surface area contributed by atoms with Crippen LogP contribution in [0.15, 0.2) is 29.3 Å². The second kappa shape index (κ2) is 5.27. The predicted octanol–water partition coefficient (Wildman–Crippen LogP) is 2.17. The van der Waals surface area contributed by atoms with E-state index >= 15 is 0 Å². The van der Waals surface area contributed by atoms with Crippen LogP contribution in [-0.4, -0.2) is 17.6 Å². The number of nitrogens with one attached hydrogen (secondary N) is 1. The van der Waals surface area contributed by atoms with Crippen LogP contribution in [0.4, 0.5) is 5.69 Å². The smallest absolute Gasteiger partial charge is 0.251 e. The number of aliphatic imine (C=N–C) groups is 1. The van der Waals surface area contributed by atoms with E-state index < -0.39 is 0 Å². The van der Waals surface area contributed by atoms with Gasteiger partial charge in [-0.1, -0.05) is 0 Å². The molecule has 14 heavy (non-hydrogen) atoms. The summed E-state index contributed by atoms with van der Waals surface area (Å²) in [6, 6.07) is 6.86. The number of carbonyl (C=O) groups is 1. The first-order chi connectivity index (χ1) is 6.77. The number of carbonyl (C=O) groups excluding carboxylic acids is 1. The van der Waals surface area contributed by atoms with Crippen molar-refractivity contribution in [3.05, 3.63) is 29.8 Å². The van der Waals surface area contributed by atoms with Crippen molar-refractivity contribution in [2.45, 2.75) is 6.92 Å². The third kappa shape index (κ3) is 2.76. The normalized spacial score (nSPS) is 8.93. The Balaban J connectivity index is 2.82. The molecule has 1 aromatic carbocycles. The predicted molar refractivity (Wildman–Crippen MR) is 59.1 cm³/mol. The number of nitrogens with zero attached hydrogens (tertiary/aromatic N) is 1. The Bertz CT molecular complexity index is 366. The van der Waals surface area contributed by atoms with E-state index in [9.17, 15) is 4.79 Å². The van der Waals surface area contributed by atoms with Crippen LogP contribution in [0.25, 0.3) is 0 Å². The summed E-state index contributed by atoms with van der Waals surface area (Å²) in [4.78, 5) is 15.1. The van der Waals surface area contributed by atoms with E-state index in [1.165, 1.54) is 0 Å². The number of thiocarbonyl (C=S) groups is 1. The minimum Gasteiger partial charge on any atom is -0.352 e. The molecule has 1 rings (SSSR count). The van der Waals surface area contributed by atoms with Crippen molar-refractivity contribution < 1.29 is 4.79 Å². The van der Waals surface area contributed by atoms with Gasteiger partial charge in [0, 0.05) is 12.1 Å². The Morgan fingerprint density at radius 1 is 1.50 bits per heavy atom. The molecular formula is C10H10N2OS. The summed E-state index contributed by atoms with van der Waals surface area (Å²) in [5.41, 5.74) is 1.32. The summed E-state index contributed by atoms with van der Waals surface area (Å²) in [6.07, 6.45) is 0. The van der Waals surface area contributed by atoms with Crippen molar-refractivity contribution in [3.8, 4) is 0 Å². The topological polar surface area (TPSA) is 41.5 Å². The summed E-state index contributed by atoms with van der Waals surface area (Å²) < 4.78 is 0. The maximum atomic E-state index is 11.3. The maximum absolute atomic E-state index is 11.3. The van der Waals surface area contributed by atoms with Gasteiger partial charge in [0.05, 0.1) is 10.8 Å². The van der Waals surface area contributed by atoms with Crippen molar-refractivity contribution in [2.75, 3.05) is 6.54 Å². The van der Waals surface area contributed by atoms with Crippen molar-refractivity contribution in [2.24, 2.45) is 4.99 Å². The van der Waals surface area contributed by atoms with Crippen molar-refractivity contribution in [1.29, 1.82) is 0 Å². The maximum Gasteiger partial charge on any atom is 0.251 e. The Labute approximate surface area is 87.9 Å². The van der Waals surface area contributed by atoms with Crippen LogP contribution < -0.4 is 5.32 Å². The number of rotatable bonds is 3. The number of hydrogen-bond acceptors (Lipinski definition) is 3. The zero-order valence-electron chi connectivity index (χ0n) is 7.78. The molecule has 3 nitrogen and oxygen atoms in total. The van der Waals surface area contributed by atoms with Gasteiger partial charge in [-0.3, -0.25) is 4.79 Å². The number of benzene rings is 1. The summed E-state index contributed by atoms with van der Waals surface area (Å²) in [5, 5.41) is 4.97. The molecule has 0 aromatic heterocycles. The highest BCUT2D eigenvalue weighted by molar-refractivity contribution is 7.78. The molecule has 0 saturated carbocycles. The third-order valence-electron chi connectivity index (χ3n) is 1.64. The van der Waals surface area contributed by atoms with Gasteiger partial charge in [0.25, 0.3) is 5.91 Å². The molecule has 0 aliphatic heterocycles. The average Bonchev–Trinajstić information content (AvgIpc) is 2.20. The van der Waals surface area contributed by atoms with Gasteiger partial charge in [0.2, 0.25) is 0 Å². The van der Waals surface area contributed by atoms with Gasteiger partial charge in [0.1, 0.15) is 0 Å². The van der Waals surface area contributed by atoms with Gasteiger partial charge in [-0.15, -0.1) is 0 Å². The highest BCUT2D eigenvalue weighted by Gasteiger charge is 2.02. The zero-order valence-corrected chi connectivity index (χ0v) is 8.60. The SMILES string of the molecule is CCNC(=O)c1ccc(N=C=S)cc1. The fourth-order valence-electron chi connectivity index (χ4n) is 1.00. The molecule has 1 amide bonds. The molecule has 0 aliphatic rings.